The Kier molecular flexibility index (Phi) is 5.24. The highest BCUT2D eigenvalue weighted by Gasteiger charge is 2.26. The van der Waals surface area contributed by atoms with Crippen LogP contribution in [-0.2, 0) is 4.79 Å². The summed E-state index contributed by atoms with van der Waals surface area (Å²) in [7, 11) is 5.76. The molecule has 0 amide bonds. The lowest BCUT2D eigenvalue weighted by Gasteiger charge is -2.32. The van der Waals surface area contributed by atoms with E-state index >= 15 is 0 Å². The smallest absolute Gasteiger partial charge is 0.111 e. The van der Waals surface area contributed by atoms with Crippen molar-refractivity contribution in [3.63, 3.8) is 0 Å². The molecule has 4 nitrogen and oxygen atoms in total. The van der Waals surface area contributed by atoms with E-state index in [4.69, 9.17) is 0 Å². The molecule has 0 radical (unpaired) electrons. The van der Waals surface area contributed by atoms with E-state index in [1.54, 1.807) is 0 Å². The van der Waals surface area contributed by atoms with Crippen molar-refractivity contribution in [3.05, 3.63) is 0 Å². The molecule has 2 atom stereocenters. The standard InChI is InChI=1S/C11H23NO3/c1-8(2)6-9(11(14)15)10(13)7-12(3,4)5/h8-10,13H,6-7H2,1-5H3. The van der Waals surface area contributed by atoms with Crippen molar-refractivity contribution >= 4 is 5.97 Å². The highest BCUT2D eigenvalue weighted by atomic mass is 16.4. The average Bonchev–Trinajstić information content (AvgIpc) is 1.95. The maximum atomic E-state index is 10.9. The molecular weight excluding hydrogens is 194 g/mol. The molecule has 0 bridgehead atoms. The third kappa shape index (κ3) is 6.47. The molecule has 0 aromatic rings. The Morgan fingerprint density at radius 2 is 1.80 bits per heavy atom. The number of carboxylic acids is 1. The van der Waals surface area contributed by atoms with Gasteiger partial charge in [-0.25, -0.2) is 0 Å². The number of quaternary nitrogens is 1. The fourth-order valence-electron chi connectivity index (χ4n) is 1.61. The Bertz CT molecular complexity index is 208. The normalized spacial score (nSPS) is 16.5. The minimum atomic E-state index is -1.15. The van der Waals surface area contributed by atoms with E-state index < -0.39 is 18.0 Å². The van der Waals surface area contributed by atoms with Crippen molar-refractivity contribution in [2.75, 3.05) is 27.7 Å². The minimum absolute atomic E-state index is 0.245. The second-order valence-electron chi connectivity index (χ2n) is 5.60. The highest BCUT2D eigenvalue weighted by Crippen LogP contribution is 2.16. The van der Waals surface area contributed by atoms with Gasteiger partial charge in [0.05, 0.1) is 21.1 Å². The first-order valence-corrected chi connectivity index (χ1v) is 5.33. The zero-order valence-electron chi connectivity index (χ0n) is 10.4. The first-order valence-electron chi connectivity index (χ1n) is 5.33. The van der Waals surface area contributed by atoms with Gasteiger partial charge in [0.25, 0.3) is 0 Å². The van der Waals surface area contributed by atoms with Crippen LogP contribution in [0.1, 0.15) is 20.3 Å². The van der Waals surface area contributed by atoms with Crippen molar-refractivity contribution in [1.29, 1.82) is 0 Å². The fraction of sp³-hybridized carbons (Fsp3) is 0.909. The van der Waals surface area contributed by atoms with Crippen LogP contribution in [0.3, 0.4) is 0 Å². The molecule has 0 aliphatic heterocycles. The Labute approximate surface area is 92.1 Å². The van der Waals surface area contributed by atoms with Crippen LogP contribution in [0.15, 0.2) is 0 Å². The molecule has 0 aromatic carbocycles. The predicted molar refractivity (Wildman–Crippen MR) is 56.9 cm³/mol. The van der Waals surface area contributed by atoms with Crippen LogP contribution < -0.4 is 5.11 Å². The molecule has 15 heavy (non-hydrogen) atoms. The number of hydrogen-bond acceptors (Lipinski definition) is 3. The van der Waals surface area contributed by atoms with Gasteiger partial charge in [0.1, 0.15) is 12.6 Å². The van der Waals surface area contributed by atoms with E-state index in [0.717, 1.165) is 0 Å². The summed E-state index contributed by atoms with van der Waals surface area (Å²) in [4.78, 5) is 10.9. The Balaban J connectivity index is 4.42. The van der Waals surface area contributed by atoms with E-state index in [-0.39, 0.29) is 5.92 Å². The second-order valence-corrected chi connectivity index (χ2v) is 5.60. The summed E-state index contributed by atoms with van der Waals surface area (Å²) in [6, 6.07) is 0. The van der Waals surface area contributed by atoms with E-state index in [1.165, 1.54) is 0 Å². The van der Waals surface area contributed by atoms with Gasteiger partial charge in [-0.15, -0.1) is 0 Å². The van der Waals surface area contributed by atoms with E-state index in [2.05, 4.69) is 0 Å². The van der Waals surface area contributed by atoms with E-state index in [0.29, 0.717) is 17.4 Å². The van der Waals surface area contributed by atoms with Crippen molar-refractivity contribution in [2.24, 2.45) is 11.8 Å². The molecule has 1 N–H and O–H groups in total. The van der Waals surface area contributed by atoms with E-state index in [1.807, 2.05) is 35.0 Å². The van der Waals surface area contributed by atoms with Crippen LogP contribution in [0.5, 0.6) is 0 Å². The van der Waals surface area contributed by atoms with Crippen molar-refractivity contribution in [3.8, 4) is 0 Å². The van der Waals surface area contributed by atoms with Crippen LogP contribution in [0.2, 0.25) is 0 Å². The number of carbonyl (C=O) groups excluding carboxylic acids is 1. The Morgan fingerprint density at radius 3 is 2.07 bits per heavy atom. The molecule has 0 aromatic heterocycles. The van der Waals surface area contributed by atoms with Crippen LogP contribution in [0.4, 0.5) is 0 Å². The van der Waals surface area contributed by atoms with Crippen LogP contribution in [-0.4, -0.2) is 49.4 Å². The fourth-order valence-corrected chi connectivity index (χ4v) is 1.61. The number of aliphatic hydroxyl groups is 1. The molecule has 4 heteroatoms. The summed E-state index contributed by atoms with van der Waals surface area (Å²) in [6.07, 6.45) is -0.374. The van der Waals surface area contributed by atoms with Crippen molar-refractivity contribution in [2.45, 2.75) is 26.4 Å². The Morgan fingerprint density at radius 1 is 1.33 bits per heavy atom. The SMILES string of the molecule is CC(C)CC(C(=O)[O-])C(O)C[N+](C)(C)C. The minimum Gasteiger partial charge on any atom is -0.550 e. The van der Waals surface area contributed by atoms with Gasteiger partial charge in [0.15, 0.2) is 0 Å². The average molecular weight is 217 g/mol. The zero-order valence-corrected chi connectivity index (χ0v) is 10.4. The molecule has 0 heterocycles. The monoisotopic (exact) mass is 217 g/mol. The van der Waals surface area contributed by atoms with E-state index in [9.17, 15) is 15.0 Å². The molecular formula is C11H23NO3. The lowest BCUT2D eigenvalue weighted by molar-refractivity contribution is -0.874. The van der Waals surface area contributed by atoms with Gasteiger partial charge in [-0.3, -0.25) is 0 Å². The number of carboxylic acid groups (broad SMARTS) is 1. The van der Waals surface area contributed by atoms with Crippen molar-refractivity contribution < 1.29 is 19.5 Å². The van der Waals surface area contributed by atoms with Gasteiger partial charge >= 0.3 is 0 Å². The molecule has 0 saturated heterocycles. The van der Waals surface area contributed by atoms with Gasteiger partial charge in [-0.2, -0.15) is 0 Å². The number of rotatable bonds is 6. The van der Waals surface area contributed by atoms with Gasteiger partial charge in [-0.1, -0.05) is 13.8 Å². The molecule has 2 unspecified atom stereocenters. The third-order valence-corrected chi connectivity index (χ3v) is 2.23. The van der Waals surface area contributed by atoms with Gasteiger partial charge in [0, 0.05) is 11.9 Å². The first kappa shape index (κ1) is 14.4. The molecule has 0 aliphatic rings. The number of aliphatic hydroxyl groups excluding tert-OH is 1. The molecule has 90 valence electrons. The maximum Gasteiger partial charge on any atom is 0.111 e. The van der Waals surface area contributed by atoms with Crippen LogP contribution in [0.25, 0.3) is 0 Å². The van der Waals surface area contributed by atoms with Crippen molar-refractivity contribution in [1.82, 2.24) is 0 Å². The quantitative estimate of drug-likeness (QED) is 0.608. The largest absolute Gasteiger partial charge is 0.550 e. The predicted octanol–water partition coefficient (Wildman–Crippen LogP) is -0.534. The van der Waals surface area contributed by atoms with Gasteiger partial charge in [-0.05, 0) is 12.3 Å². The molecule has 0 saturated carbocycles. The maximum absolute atomic E-state index is 10.9. The van der Waals surface area contributed by atoms with Gasteiger partial charge < -0.3 is 19.5 Å². The van der Waals surface area contributed by atoms with Gasteiger partial charge in [0.2, 0.25) is 0 Å². The lowest BCUT2D eigenvalue weighted by Crippen LogP contribution is -2.48. The summed E-state index contributed by atoms with van der Waals surface area (Å²) in [5.74, 6) is -1.66. The second kappa shape index (κ2) is 5.47. The molecule has 0 rings (SSSR count). The summed E-state index contributed by atoms with van der Waals surface area (Å²) in [5, 5.41) is 20.7. The molecule has 0 fully saturated rings. The molecule has 0 aliphatic carbocycles. The van der Waals surface area contributed by atoms with Crippen LogP contribution >= 0.6 is 0 Å². The topological polar surface area (TPSA) is 60.4 Å². The molecule has 0 spiro atoms. The number of likely N-dealkylation sites (N-methyl/N-ethyl adjacent to an activating group) is 1. The third-order valence-electron chi connectivity index (χ3n) is 2.23. The summed E-state index contributed by atoms with van der Waals surface area (Å²) >= 11 is 0. The lowest BCUT2D eigenvalue weighted by atomic mass is 9.91. The summed E-state index contributed by atoms with van der Waals surface area (Å²) in [6.45, 7) is 4.30. The number of hydrogen-bond donors (Lipinski definition) is 1. The Hall–Kier alpha value is -0.610. The summed E-state index contributed by atoms with van der Waals surface area (Å²) in [5.41, 5.74) is 0. The summed E-state index contributed by atoms with van der Waals surface area (Å²) < 4.78 is 0.545. The number of aliphatic carboxylic acids is 1. The number of nitrogens with zero attached hydrogens (tertiary/aromatic N) is 1. The first-order chi connectivity index (χ1) is 6.63. The van der Waals surface area contributed by atoms with Crippen LogP contribution in [0, 0.1) is 11.8 Å². The highest BCUT2D eigenvalue weighted by molar-refractivity contribution is 5.68. The number of carbonyl (C=O) groups is 1. The zero-order chi connectivity index (χ0) is 12.2.